The average molecular weight is 262 g/mol. The summed E-state index contributed by atoms with van der Waals surface area (Å²) in [7, 11) is 1.62. The van der Waals surface area contributed by atoms with E-state index in [0.29, 0.717) is 19.0 Å². The second kappa shape index (κ2) is 6.08. The highest BCUT2D eigenvalue weighted by atomic mass is 16.5. The topological polar surface area (TPSA) is 75.2 Å². The summed E-state index contributed by atoms with van der Waals surface area (Å²) in [6.07, 6.45) is 0.799. The third-order valence-corrected chi connectivity index (χ3v) is 2.83. The Kier molecular flexibility index (Phi) is 4.22. The Morgan fingerprint density at radius 3 is 2.68 bits per heavy atom. The number of anilines is 1. The van der Waals surface area contributed by atoms with Crippen molar-refractivity contribution in [2.75, 3.05) is 19.5 Å². The average Bonchev–Trinajstić information content (AvgIpc) is 2.79. The quantitative estimate of drug-likeness (QED) is 0.854. The first kappa shape index (κ1) is 13.2. The highest BCUT2D eigenvalue weighted by Crippen LogP contribution is 2.25. The van der Waals surface area contributed by atoms with Crippen LogP contribution in [0.2, 0.25) is 0 Å². The molecule has 0 amide bonds. The van der Waals surface area contributed by atoms with E-state index < -0.39 is 0 Å². The molecular formula is C13H18N4O2. The van der Waals surface area contributed by atoms with E-state index in [1.165, 1.54) is 0 Å². The van der Waals surface area contributed by atoms with Crippen LogP contribution in [-0.2, 0) is 13.0 Å². The first-order valence-electron chi connectivity index (χ1n) is 6.20. The van der Waals surface area contributed by atoms with E-state index in [4.69, 9.17) is 15.2 Å². The van der Waals surface area contributed by atoms with Crippen molar-refractivity contribution in [3.8, 4) is 11.5 Å². The molecular weight excluding hydrogens is 244 g/mol. The fraction of sp³-hybridized carbons (Fsp3) is 0.385. The Hall–Kier alpha value is -2.24. The van der Waals surface area contributed by atoms with Crippen LogP contribution in [0.1, 0.15) is 12.6 Å². The molecule has 0 aliphatic rings. The monoisotopic (exact) mass is 262 g/mol. The van der Waals surface area contributed by atoms with Gasteiger partial charge in [-0.1, -0.05) is 24.3 Å². The maximum atomic E-state index is 5.73. The molecule has 0 spiro atoms. The zero-order valence-electron chi connectivity index (χ0n) is 11.2. The summed E-state index contributed by atoms with van der Waals surface area (Å²) >= 11 is 0. The maximum absolute atomic E-state index is 5.73. The Labute approximate surface area is 112 Å². The van der Waals surface area contributed by atoms with Gasteiger partial charge in [0.05, 0.1) is 19.3 Å². The molecule has 6 nitrogen and oxygen atoms in total. The molecule has 0 atom stereocenters. The molecule has 0 saturated carbocycles. The van der Waals surface area contributed by atoms with Crippen LogP contribution in [0.25, 0.3) is 0 Å². The second-order valence-corrected chi connectivity index (χ2v) is 4.00. The minimum atomic E-state index is 0.482. The van der Waals surface area contributed by atoms with Gasteiger partial charge in [-0.15, -0.1) is 5.10 Å². The lowest BCUT2D eigenvalue weighted by Gasteiger charge is -2.10. The number of rotatable bonds is 6. The van der Waals surface area contributed by atoms with E-state index in [9.17, 15) is 0 Å². The van der Waals surface area contributed by atoms with E-state index in [0.717, 1.165) is 23.6 Å². The van der Waals surface area contributed by atoms with Crippen molar-refractivity contribution in [1.82, 2.24) is 15.0 Å². The summed E-state index contributed by atoms with van der Waals surface area (Å²) < 4.78 is 12.7. The molecule has 0 unspecified atom stereocenters. The third-order valence-electron chi connectivity index (χ3n) is 2.83. The highest BCUT2D eigenvalue weighted by molar-refractivity contribution is 5.39. The van der Waals surface area contributed by atoms with E-state index in [-0.39, 0.29) is 0 Å². The summed E-state index contributed by atoms with van der Waals surface area (Å²) in [4.78, 5) is 0. The van der Waals surface area contributed by atoms with Gasteiger partial charge in [0.25, 0.3) is 0 Å². The number of para-hydroxylation sites is 2. The standard InChI is InChI=1S/C13H18N4O2/c1-3-10-13(14)15-16-17(10)8-9-19-12-7-5-4-6-11(12)18-2/h4-7H,3,8-9,14H2,1-2H3. The number of hydrogen-bond donors (Lipinski definition) is 1. The van der Waals surface area contributed by atoms with Crippen molar-refractivity contribution in [1.29, 1.82) is 0 Å². The second-order valence-electron chi connectivity index (χ2n) is 4.00. The predicted octanol–water partition coefficient (Wildman–Crippen LogP) is 1.51. The molecule has 0 fully saturated rings. The molecule has 1 aromatic heterocycles. The first-order valence-corrected chi connectivity index (χ1v) is 6.20. The molecule has 0 aliphatic carbocycles. The molecule has 19 heavy (non-hydrogen) atoms. The zero-order valence-corrected chi connectivity index (χ0v) is 11.2. The van der Waals surface area contributed by atoms with Gasteiger partial charge >= 0.3 is 0 Å². The summed E-state index contributed by atoms with van der Waals surface area (Å²) in [5.41, 5.74) is 6.66. The van der Waals surface area contributed by atoms with Gasteiger partial charge in [0.1, 0.15) is 6.61 Å². The minimum Gasteiger partial charge on any atom is -0.493 e. The van der Waals surface area contributed by atoms with Gasteiger partial charge in [0.15, 0.2) is 17.3 Å². The molecule has 0 bridgehead atoms. The third kappa shape index (κ3) is 2.96. The van der Waals surface area contributed by atoms with E-state index in [1.807, 2.05) is 31.2 Å². The van der Waals surface area contributed by atoms with E-state index in [2.05, 4.69) is 10.3 Å². The maximum Gasteiger partial charge on any atom is 0.169 e. The molecule has 6 heteroatoms. The van der Waals surface area contributed by atoms with E-state index in [1.54, 1.807) is 11.8 Å². The van der Waals surface area contributed by atoms with Crippen LogP contribution in [0.4, 0.5) is 5.82 Å². The Bertz CT molecular complexity index is 539. The van der Waals surface area contributed by atoms with Gasteiger partial charge in [-0.25, -0.2) is 4.68 Å². The van der Waals surface area contributed by atoms with Crippen LogP contribution in [0.5, 0.6) is 11.5 Å². The summed E-state index contributed by atoms with van der Waals surface area (Å²) in [5, 5.41) is 7.85. The Morgan fingerprint density at radius 1 is 1.26 bits per heavy atom. The van der Waals surface area contributed by atoms with Crippen LogP contribution in [-0.4, -0.2) is 28.7 Å². The fourth-order valence-corrected chi connectivity index (χ4v) is 1.87. The van der Waals surface area contributed by atoms with Crippen molar-refractivity contribution >= 4 is 5.82 Å². The van der Waals surface area contributed by atoms with Crippen LogP contribution in [0, 0.1) is 0 Å². The zero-order chi connectivity index (χ0) is 13.7. The van der Waals surface area contributed by atoms with Crippen molar-refractivity contribution in [3.05, 3.63) is 30.0 Å². The van der Waals surface area contributed by atoms with Crippen LogP contribution < -0.4 is 15.2 Å². The summed E-state index contributed by atoms with van der Waals surface area (Å²) in [5.74, 6) is 1.92. The number of nitrogen functional groups attached to an aromatic ring is 1. The number of benzene rings is 1. The number of ether oxygens (including phenoxy) is 2. The van der Waals surface area contributed by atoms with Crippen molar-refractivity contribution in [3.63, 3.8) is 0 Å². The normalized spacial score (nSPS) is 10.4. The smallest absolute Gasteiger partial charge is 0.169 e. The SMILES string of the molecule is CCc1c(N)nnn1CCOc1ccccc1OC. The summed E-state index contributed by atoms with van der Waals surface area (Å²) in [6, 6.07) is 7.54. The molecule has 2 aromatic rings. The van der Waals surface area contributed by atoms with Gasteiger partial charge < -0.3 is 15.2 Å². The molecule has 0 radical (unpaired) electrons. The summed E-state index contributed by atoms with van der Waals surface area (Å²) in [6.45, 7) is 3.11. The molecule has 1 heterocycles. The molecule has 2 N–H and O–H groups in total. The van der Waals surface area contributed by atoms with Crippen LogP contribution >= 0.6 is 0 Å². The van der Waals surface area contributed by atoms with Crippen molar-refractivity contribution in [2.24, 2.45) is 0 Å². The lowest BCUT2D eigenvalue weighted by atomic mass is 10.3. The molecule has 102 valence electrons. The fourth-order valence-electron chi connectivity index (χ4n) is 1.87. The highest BCUT2D eigenvalue weighted by Gasteiger charge is 2.08. The number of nitrogens with zero attached hydrogens (tertiary/aromatic N) is 3. The van der Waals surface area contributed by atoms with Gasteiger partial charge in [0.2, 0.25) is 0 Å². The van der Waals surface area contributed by atoms with Crippen LogP contribution in [0.3, 0.4) is 0 Å². The number of methoxy groups -OCH3 is 1. The van der Waals surface area contributed by atoms with Crippen molar-refractivity contribution in [2.45, 2.75) is 19.9 Å². The number of aromatic nitrogens is 3. The van der Waals surface area contributed by atoms with Crippen molar-refractivity contribution < 1.29 is 9.47 Å². The molecule has 2 rings (SSSR count). The lowest BCUT2D eigenvalue weighted by molar-refractivity contribution is 0.271. The Balaban J connectivity index is 1.96. The number of hydrogen-bond acceptors (Lipinski definition) is 5. The molecule has 1 aromatic carbocycles. The molecule has 0 saturated heterocycles. The number of nitrogens with two attached hydrogens (primary N) is 1. The molecule has 0 aliphatic heterocycles. The van der Waals surface area contributed by atoms with Gasteiger partial charge in [-0.3, -0.25) is 0 Å². The van der Waals surface area contributed by atoms with Gasteiger partial charge in [-0.05, 0) is 18.6 Å². The van der Waals surface area contributed by atoms with Gasteiger partial charge in [-0.2, -0.15) is 0 Å². The Morgan fingerprint density at radius 2 is 2.00 bits per heavy atom. The predicted molar refractivity (Wildman–Crippen MR) is 72.3 cm³/mol. The first-order chi connectivity index (χ1) is 9.26. The van der Waals surface area contributed by atoms with E-state index >= 15 is 0 Å². The van der Waals surface area contributed by atoms with Crippen LogP contribution in [0.15, 0.2) is 24.3 Å². The van der Waals surface area contributed by atoms with Gasteiger partial charge in [0, 0.05) is 0 Å². The largest absolute Gasteiger partial charge is 0.493 e. The lowest BCUT2D eigenvalue weighted by Crippen LogP contribution is -2.12. The minimum absolute atomic E-state index is 0.482.